The fraction of sp³-hybridized carbons (Fsp3) is 0.143. The van der Waals surface area contributed by atoms with Crippen LogP contribution in [0.25, 0.3) is 16.5 Å². The number of aromatic nitrogens is 4. The Morgan fingerprint density at radius 1 is 1.20 bits per heavy atom. The first-order valence-electron chi connectivity index (χ1n) is 6.24. The van der Waals surface area contributed by atoms with E-state index in [9.17, 15) is 4.79 Å². The van der Waals surface area contributed by atoms with Crippen molar-refractivity contribution in [2.75, 3.05) is 6.61 Å². The Bertz CT molecular complexity index is 766. The monoisotopic (exact) mass is 268 g/mol. The van der Waals surface area contributed by atoms with Gasteiger partial charge in [-0.3, -0.25) is 0 Å². The largest absolute Gasteiger partial charge is 0.460 e. The number of ether oxygens (including phenoxy) is 1. The summed E-state index contributed by atoms with van der Waals surface area (Å²) in [5, 5.41) is 13.3. The van der Waals surface area contributed by atoms with E-state index in [1.807, 2.05) is 42.5 Å². The molecule has 1 heterocycles. The van der Waals surface area contributed by atoms with Crippen LogP contribution in [0.3, 0.4) is 0 Å². The van der Waals surface area contributed by atoms with Gasteiger partial charge in [-0.1, -0.05) is 30.3 Å². The average Bonchev–Trinajstić information content (AvgIpc) is 2.96. The Morgan fingerprint density at radius 3 is 2.80 bits per heavy atom. The van der Waals surface area contributed by atoms with Gasteiger partial charge in [-0.05, 0) is 40.3 Å². The van der Waals surface area contributed by atoms with Crippen LogP contribution in [-0.4, -0.2) is 32.8 Å². The third-order valence-corrected chi connectivity index (χ3v) is 2.91. The Kier molecular flexibility index (Phi) is 3.12. The Hall–Kier alpha value is -2.76. The van der Waals surface area contributed by atoms with Crippen molar-refractivity contribution >= 4 is 16.7 Å². The van der Waals surface area contributed by atoms with Crippen molar-refractivity contribution in [1.82, 2.24) is 20.2 Å². The third kappa shape index (κ3) is 2.11. The minimum absolute atomic E-state index is 0.0714. The number of hydrogen-bond acceptors (Lipinski definition) is 5. The summed E-state index contributed by atoms with van der Waals surface area (Å²) in [5.74, 6) is -0.465. The van der Waals surface area contributed by atoms with Gasteiger partial charge in [-0.15, -0.1) is 5.10 Å². The summed E-state index contributed by atoms with van der Waals surface area (Å²) in [7, 11) is 0. The van der Waals surface area contributed by atoms with E-state index in [1.165, 1.54) is 4.68 Å². The molecular weight excluding hydrogens is 256 g/mol. The lowest BCUT2D eigenvalue weighted by Gasteiger charge is -2.05. The maximum atomic E-state index is 11.8. The summed E-state index contributed by atoms with van der Waals surface area (Å²) in [4.78, 5) is 11.8. The molecule has 20 heavy (non-hydrogen) atoms. The van der Waals surface area contributed by atoms with Gasteiger partial charge in [-0.2, -0.15) is 4.68 Å². The van der Waals surface area contributed by atoms with Gasteiger partial charge in [0.1, 0.15) is 0 Å². The van der Waals surface area contributed by atoms with Crippen molar-refractivity contribution in [3.63, 3.8) is 0 Å². The molecule has 0 aliphatic rings. The second-order valence-electron chi connectivity index (χ2n) is 4.17. The molecule has 3 aromatic rings. The highest BCUT2D eigenvalue weighted by atomic mass is 16.5. The zero-order valence-electron chi connectivity index (χ0n) is 10.9. The molecule has 0 fully saturated rings. The van der Waals surface area contributed by atoms with Crippen LogP contribution in [0.2, 0.25) is 0 Å². The normalized spacial score (nSPS) is 10.7. The van der Waals surface area contributed by atoms with E-state index >= 15 is 0 Å². The van der Waals surface area contributed by atoms with Crippen molar-refractivity contribution in [2.45, 2.75) is 6.92 Å². The van der Waals surface area contributed by atoms with Gasteiger partial charge in [0.15, 0.2) is 0 Å². The number of carbonyl (C=O) groups is 1. The second kappa shape index (κ2) is 5.08. The van der Waals surface area contributed by atoms with E-state index in [1.54, 1.807) is 6.92 Å². The van der Waals surface area contributed by atoms with Gasteiger partial charge in [0.25, 0.3) is 5.82 Å². The van der Waals surface area contributed by atoms with Crippen molar-refractivity contribution in [2.24, 2.45) is 0 Å². The topological polar surface area (TPSA) is 69.9 Å². The van der Waals surface area contributed by atoms with Gasteiger partial charge in [-0.25, -0.2) is 4.79 Å². The minimum atomic E-state index is -0.536. The maximum Gasteiger partial charge on any atom is 0.378 e. The summed E-state index contributed by atoms with van der Waals surface area (Å²) in [6.07, 6.45) is 0. The zero-order chi connectivity index (χ0) is 13.9. The molecule has 2 aromatic carbocycles. The summed E-state index contributed by atoms with van der Waals surface area (Å²) in [6, 6.07) is 13.7. The van der Waals surface area contributed by atoms with E-state index in [-0.39, 0.29) is 12.4 Å². The van der Waals surface area contributed by atoms with E-state index in [4.69, 9.17) is 4.74 Å². The number of rotatable bonds is 3. The average molecular weight is 268 g/mol. The van der Waals surface area contributed by atoms with Gasteiger partial charge in [0.2, 0.25) is 0 Å². The van der Waals surface area contributed by atoms with E-state index < -0.39 is 5.97 Å². The van der Waals surface area contributed by atoms with Gasteiger partial charge < -0.3 is 4.74 Å². The van der Waals surface area contributed by atoms with Crippen molar-refractivity contribution in [1.29, 1.82) is 0 Å². The molecule has 0 bridgehead atoms. The Balaban J connectivity index is 2.07. The van der Waals surface area contributed by atoms with E-state index in [0.717, 1.165) is 16.5 Å². The van der Waals surface area contributed by atoms with Crippen LogP contribution in [0.4, 0.5) is 0 Å². The standard InChI is InChI=1S/C14H12N4O2/c1-2-20-14(19)13-15-16-17-18(13)12-8-7-10-5-3-4-6-11(10)9-12/h3-9H,2H2,1H3. The number of tetrazole rings is 1. The van der Waals surface area contributed by atoms with Gasteiger partial charge >= 0.3 is 5.97 Å². The van der Waals surface area contributed by atoms with Crippen LogP contribution < -0.4 is 0 Å². The lowest BCUT2D eigenvalue weighted by Crippen LogP contribution is -2.13. The maximum absolute atomic E-state index is 11.8. The molecule has 0 N–H and O–H groups in total. The lowest BCUT2D eigenvalue weighted by molar-refractivity contribution is 0.0508. The highest BCUT2D eigenvalue weighted by Crippen LogP contribution is 2.18. The number of fused-ring (bicyclic) bond motifs is 1. The molecule has 3 rings (SSSR count). The van der Waals surface area contributed by atoms with Crippen molar-refractivity contribution in [3.05, 3.63) is 48.3 Å². The molecule has 0 aliphatic heterocycles. The molecule has 6 nitrogen and oxygen atoms in total. The number of benzene rings is 2. The Labute approximate surface area is 115 Å². The molecule has 0 atom stereocenters. The lowest BCUT2D eigenvalue weighted by atomic mass is 10.1. The van der Waals surface area contributed by atoms with Crippen molar-refractivity contribution < 1.29 is 9.53 Å². The van der Waals surface area contributed by atoms with E-state index in [2.05, 4.69) is 15.5 Å². The molecule has 0 aliphatic carbocycles. The van der Waals surface area contributed by atoms with Crippen LogP contribution in [0.15, 0.2) is 42.5 Å². The fourth-order valence-corrected chi connectivity index (χ4v) is 1.99. The predicted molar refractivity (Wildman–Crippen MR) is 72.6 cm³/mol. The third-order valence-electron chi connectivity index (χ3n) is 2.91. The second-order valence-corrected chi connectivity index (χ2v) is 4.17. The van der Waals surface area contributed by atoms with Crippen LogP contribution in [0.1, 0.15) is 17.5 Å². The smallest absolute Gasteiger partial charge is 0.378 e. The molecular formula is C14H12N4O2. The molecule has 0 spiro atoms. The molecule has 100 valence electrons. The first-order chi connectivity index (χ1) is 9.79. The van der Waals surface area contributed by atoms with Crippen LogP contribution in [0.5, 0.6) is 0 Å². The van der Waals surface area contributed by atoms with Crippen LogP contribution in [-0.2, 0) is 4.74 Å². The summed E-state index contributed by atoms with van der Waals surface area (Å²) in [6.45, 7) is 2.02. The molecule has 6 heteroatoms. The Morgan fingerprint density at radius 2 is 2.00 bits per heavy atom. The minimum Gasteiger partial charge on any atom is -0.460 e. The first-order valence-corrected chi connectivity index (χ1v) is 6.24. The molecule has 0 saturated carbocycles. The predicted octanol–water partition coefficient (Wildman–Crippen LogP) is 1.99. The summed E-state index contributed by atoms with van der Waals surface area (Å²) in [5.41, 5.74) is 0.719. The van der Waals surface area contributed by atoms with E-state index in [0.29, 0.717) is 0 Å². The van der Waals surface area contributed by atoms with Crippen molar-refractivity contribution in [3.8, 4) is 5.69 Å². The molecule has 0 radical (unpaired) electrons. The SMILES string of the molecule is CCOC(=O)c1nnnn1-c1ccc2ccccc2c1. The highest BCUT2D eigenvalue weighted by molar-refractivity contribution is 5.87. The number of esters is 1. The number of carbonyl (C=O) groups excluding carboxylic acids is 1. The molecule has 0 saturated heterocycles. The quantitative estimate of drug-likeness (QED) is 0.679. The number of hydrogen-bond donors (Lipinski definition) is 0. The van der Waals surface area contributed by atoms with Crippen LogP contribution >= 0.6 is 0 Å². The molecule has 0 unspecified atom stereocenters. The first kappa shape index (κ1) is 12.3. The van der Waals surface area contributed by atoms with Crippen LogP contribution in [0, 0.1) is 0 Å². The zero-order valence-corrected chi connectivity index (χ0v) is 10.9. The highest BCUT2D eigenvalue weighted by Gasteiger charge is 2.17. The summed E-state index contributed by atoms with van der Waals surface area (Å²) >= 11 is 0. The summed E-state index contributed by atoms with van der Waals surface area (Å²) < 4.78 is 6.31. The van der Waals surface area contributed by atoms with Gasteiger partial charge in [0, 0.05) is 0 Å². The van der Waals surface area contributed by atoms with Gasteiger partial charge in [0.05, 0.1) is 12.3 Å². The fourth-order valence-electron chi connectivity index (χ4n) is 1.99. The molecule has 1 aromatic heterocycles. The number of nitrogens with zero attached hydrogens (tertiary/aromatic N) is 4. The molecule has 0 amide bonds.